The Labute approximate surface area is 121 Å². The smallest absolute Gasteiger partial charge is 0.193 e. The molecule has 0 spiro atoms. The van der Waals surface area contributed by atoms with E-state index in [4.69, 9.17) is 4.74 Å². The van der Waals surface area contributed by atoms with Gasteiger partial charge in [0, 0.05) is 33.4 Å². The second-order valence-corrected chi connectivity index (χ2v) is 4.93. The van der Waals surface area contributed by atoms with Crippen LogP contribution < -0.4 is 5.32 Å². The third kappa shape index (κ3) is 4.28. The van der Waals surface area contributed by atoms with Gasteiger partial charge in [-0.1, -0.05) is 0 Å². The summed E-state index contributed by atoms with van der Waals surface area (Å²) < 4.78 is 5.43. The van der Waals surface area contributed by atoms with Gasteiger partial charge in [0.25, 0.3) is 0 Å². The van der Waals surface area contributed by atoms with E-state index in [1.807, 2.05) is 0 Å². The van der Waals surface area contributed by atoms with Crippen molar-refractivity contribution in [3.05, 3.63) is 0 Å². The van der Waals surface area contributed by atoms with Crippen LogP contribution in [0.1, 0.15) is 26.2 Å². The van der Waals surface area contributed by atoms with Gasteiger partial charge in [-0.15, -0.1) is 24.0 Å². The molecule has 1 N–H and O–H groups in total. The lowest BCUT2D eigenvalue weighted by Crippen LogP contribution is -2.39. The van der Waals surface area contributed by atoms with Gasteiger partial charge in [-0.2, -0.15) is 0 Å². The van der Waals surface area contributed by atoms with E-state index in [1.54, 1.807) is 0 Å². The maximum atomic E-state index is 5.43. The predicted octanol–water partition coefficient (Wildman–Crippen LogP) is 1.70. The maximum Gasteiger partial charge on any atom is 0.193 e. The summed E-state index contributed by atoms with van der Waals surface area (Å²) in [6, 6.07) is 0. The molecule has 5 heteroatoms. The van der Waals surface area contributed by atoms with Gasteiger partial charge in [0.2, 0.25) is 0 Å². The summed E-state index contributed by atoms with van der Waals surface area (Å²) in [7, 11) is 2.10. The topological polar surface area (TPSA) is 36.9 Å². The highest BCUT2D eigenvalue weighted by atomic mass is 127. The fraction of sp³-hybridized carbons (Fsp3) is 0.917. The lowest BCUT2D eigenvalue weighted by atomic mass is 10.0. The summed E-state index contributed by atoms with van der Waals surface area (Å²) >= 11 is 0. The van der Waals surface area contributed by atoms with Crippen molar-refractivity contribution in [1.82, 2.24) is 10.2 Å². The van der Waals surface area contributed by atoms with Crippen LogP contribution >= 0.6 is 24.0 Å². The Kier molecular flexibility index (Phi) is 5.99. The van der Waals surface area contributed by atoms with Crippen LogP contribution in [0.3, 0.4) is 0 Å². The van der Waals surface area contributed by atoms with Gasteiger partial charge in [-0.25, -0.2) is 0 Å². The Balaban J connectivity index is 0.00000144. The lowest BCUT2D eigenvalue weighted by Gasteiger charge is -2.20. The molecule has 0 amide bonds. The van der Waals surface area contributed by atoms with Gasteiger partial charge >= 0.3 is 0 Å². The number of hydrogen-bond donors (Lipinski definition) is 1. The highest BCUT2D eigenvalue weighted by Crippen LogP contribution is 2.48. The quantitative estimate of drug-likeness (QED) is 0.584. The van der Waals surface area contributed by atoms with Crippen LogP contribution in [0.15, 0.2) is 4.99 Å². The number of ether oxygens (including phenoxy) is 1. The number of halogens is 1. The average molecular weight is 353 g/mol. The van der Waals surface area contributed by atoms with Crippen molar-refractivity contribution >= 4 is 29.9 Å². The molecule has 0 aromatic rings. The highest BCUT2D eigenvalue weighted by Gasteiger charge is 2.42. The van der Waals surface area contributed by atoms with Crippen molar-refractivity contribution in [2.24, 2.45) is 10.4 Å². The van der Waals surface area contributed by atoms with Crippen molar-refractivity contribution in [2.75, 3.05) is 39.9 Å². The number of rotatable bonds is 6. The maximum absolute atomic E-state index is 5.43. The van der Waals surface area contributed by atoms with Crippen molar-refractivity contribution in [3.63, 3.8) is 0 Å². The zero-order valence-electron chi connectivity index (χ0n) is 10.9. The lowest BCUT2D eigenvalue weighted by molar-refractivity contribution is 0.128. The van der Waals surface area contributed by atoms with Crippen molar-refractivity contribution in [2.45, 2.75) is 26.2 Å². The third-order valence-electron chi connectivity index (χ3n) is 3.62. The van der Waals surface area contributed by atoms with Crippen LogP contribution in [0.25, 0.3) is 0 Å². The monoisotopic (exact) mass is 353 g/mol. The predicted molar refractivity (Wildman–Crippen MR) is 81.1 cm³/mol. The largest absolute Gasteiger partial charge is 0.382 e. The first-order valence-corrected chi connectivity index (χ1v) is 6.33. The number of aliphatic imine (C=N–C) groups is 1. The molecule has 1 aliphatic carbocycles. The second-order valence-electron chi connectivity index (χ2n) is 4.93. The molecular formula is C12H24IN3O. The fourth-order valence-corrected chi connectivity index (χ4v) is 2.11. The summed E-state index contributed by atoms with van der Waals surface area (Å²) in [6.45, 7) is 6.84. The minimum atomic E-state index is 0. The Morgan fingerprint density at radius 1 is 1.47 bits per heavy atom. The summed E-state index contributed by atoms with van der Waals surface area (Å²) in [5, 5.41) is 3.48. The van der Waals surface area contributed by atoms with Gasteiger partial charge < -0.3 is 15.0 Å². The van der Waals surface area contributed by atoms with Gasteiger partial charge in [-0.05, 0) is 31.6 Å². The molecule has 1 heterocycles. The van der Waals surface area contributed by atoms with E-state index < -0.39 is 0 Å². The van der Waals surface area contributed by atoms with Crippen LogP contribution in [0.5, 0.6) is 0 Å². The third-order valence-corrected chi connectivity index (χ3v) is 3.62. The molecule has 0 aromatic heterocycles. The first-order valence-electron chi connectivity index (χ1n) is 6.33. The molecule has 2 aliphatic rings. The van der Waals surface area contributed by atoms with Gasteiger partial charge in [0.15, 0.2) is 5.96 Å². The van der Waals surface area contributed by atoms with E-state index in [1.165, 1.54) is 19.3 Å². The van der Waals surface area contributed by atoms with Crippen LogP contribution in [-0.4, -0.2) is 50.8 Å². The number of likely N-dealkylation sites (N-methyl/N-ethyl adjacent to an activating group) is 1. The summed E-state index contributed by atoms with van der Waals surface area (Å²) in [5.74, 6) is 1.07. The number of nitrogens with one attached hydrogen (secondary N) is 1. The summed E-state index contributed by atoms with van der Waals surface area (Å²) in [4.78, 5) is 6.64. The number of nitrogens with zero attached hydrogens (tertiary/aromatic N) is 2. The molecule has 1 saturated carbocycles. The Bertz CT molecular complexity index is 266. The molecule has 0 atom stereocenters. The van der Waals surface area contributed by atoms with Gasteiger partial charge in [-0.3, -0.25) is 4.99 Å². The molecule has 0 bridgehead atoms. The van der Waals surface area contributed by atoms with Gasteiger partial charge in [0.05, 0.1) is 6.54 Å². The van der Waals surface area contributed by atoms with Crippen LogP contribution in [0.4, 0.5) is 0 Å². The van der Waals surface area contributed by atoms with E-state index in [0.717, 1.165) is 38.8 Å². The van der Waals surface area contributed by atoms with Crippen LogP contribution in [0, 0.1) is 5.41 Å². The molecular weight excluding hydrogens is 329 g/mol. The Hall–Kier alpha value is -0.0400. The Morgan fingerprint density at radius 2 is 2.24 bits per heavy atom. The molecule has 2 rings (SSSR count). The molecule has 17 heavy (non-hydrogen) atoms. The van der Waals surface area contributed by atoms with Crippen LogP contribution in [0.2, 0.25) is 0 Å². The SMILES string of the molecule is CCOCCC1(CNC2=NCCN2C)CC1.I. The Morgan fingerprint density at radius 3 is 2.76 bits per heavy atom. The molecule has 1 fully saturated rings. The van der Waals surface area contributed by atoms with E-state index in [9.17, 15) is 0 Å². The van der Waals surface area contributed by atoms with Crippen LogP contribution in [-0.2, 0) is 4.74 Å². The first kappa shape index (κ1) is 15.0. The molecule has 100 valence electrons. The molecule has 0 unspecified atom stereocenters. The molecule has 0 radical (unpaired) electrons. The standard InChI is InChI=1S/C12H23N3O.HI/c1-3-16-9-6-12(4-5-12)10-14-11-13-7-8-15(11)2;/h3-10H2,1-2H3,(H,13,14);1H. The molecule has 0 saturated heterocycles. The second kappa shape index (κ2) is 6.78. The minimum Gasteiger partial charge on any atom is -0.382 e. The molecule has 0 aromatic carbocycles. The van der Waals surface area contributed by atoms with E-state index >= 15 is 0 Å². The van der Waals surface area contributed by atoms with E-state index in [0.29, 0.717) is 5.41 Å². The summed E-state index contributed by atoms with van der Waals surface area (Å²) in [5.41, 5.74) is 0.501. The van der Waals surface area contributed by atoms with Crippen molar-refractivity contribution in [1.29, 1.82) is 0 Å². The number of hydrogen-bond acceptors (Lipinski definition) is 4. The summed E-state index contributed by atoms with van der Waals surface area (Å²) in [6.07, 6.45) is 3.86. The normalized spacial score (nSPS) is 20.8. The van der Waals surface area contributed by atoms with Gasteiger partial charge in [0.1, 0.15) is 0 Å². The van der Waals surface area contributed by atoms with E-state index in [2.05, 4.69) is 29.2 Å². The molecule has 1 aliphatic heterocycles. The minimum absolute atomic E-state index is 0. The van der Waals surface area contributed by atoms with Crippen molar-refractivity contribution < 1.29 is 4.74 Å². The zero-order valence-corrected chi connectivity index (χ0v) is 13.2. The first-order chi connectivity index (χ1) is 7.76. The molecule has 4 nitrogen and oxygen atoms in total. The van der Waals surface area contributed by atoms with E-state index in [-0.39, 0.29) is 24.0 Å². The highest BCUT2D eigenvalue weighted by molar-refractivity contribution is 14.0. The zero-order chi connectivity index (χ0) is 11.4. The fourth-order valence-electron chi connectivity index (χ4n) is 2.11. The number of guanidine groups is 1. The average Bonchev–Trinajstić information content (AvgIpc) is 2.93. The van der Waals surface area contributed by atoms with Crippen molar-refractivity contribution in [3.8, 4) is 0 Å².